The van der Waals surface area contributed by atoms with Crippen LogP contribution in [-0.2, 0) is 4.79 Å². The minimum absolute atomic E-state index is 0.215. The maximum absolute atomic E-state index is 11.8. The third-order valence-electron chi connectivity index (χ3n) is 7.22. The lowest BCUT2D eigenvalue weighted by Gasteiger charge is -2.54. The van der Waals surface area contributed by atoms with Crippen molar-refractivity contribution in [3.8, 4) is 0 Å². The van der Waals surface area contributed by atoms with Gasteiger partial charge in [-0.05, 0) is 77.9 Å². The number of rotatable bonds is 0. The van der Waals surface area contributed by atoms with Gasteiger partial charge in [0.15, 0.2) is 5.78 Å². The summed E-state index contributed by atoms with van der Waals surface area (Å²) in [6.45, 7) is 8.77. The van der Waals surface area contributed by atoms with E-state index in [-0.39, 0.29) is 5.41 Å². The highest BCUT2D eigenvalue weighted by atomic mass is 16.1. The molecule has 0 aromatic carbocycles. The minimum atomic E-state index is 0.215. The van der Waals surface area contributed by atoms with Crippen molar-refractivity contribution in [1.82, 2.24) is 0 Å². The van der Waals surface area contributed by atoms with Crippen molar-refractivity contribution in [1.29, 1.82) is 0 Å². The maximum atomic E-state index is 11.8. The standard InChI is InChI=1S/C21H26O/c1-4-14-5-7-18-17-8-6-15-12-16(22)9-10-21(15,3)19(17)11-13(2)20(14)18/h6,8,12-13,17-20H,1,5,7,9-11H2,2-3H3/t13-,17?,18?,19?,20?,21+/m1/s1. The molecule has 4 aliphatic carbocycles. The Labute approximate surface area is 133 Å². The highest BCUT2D eigenvalue weighted by Gasteiger charge is 2.54. The van der Waals surface area contributed by atoms with E-state index in [1.54, 1.807) is 0 Å². The molecule has 0 aromatic rings. The van der Waals surface area contributed by atoms with Crippen LogP contribution in [0.1, 0.15) is 46.0 Å². The Morgan fingerprint density at radius 2 is 2.18 bits per heavy atom. The number of hydrogen-bond donors (Lipinski definition) is 0. The Morgan fingerprint density at radius 1 is 1.36 bits per heavy atom. The first-order chi connectivity index (χ1) is 10.5. The van der Waals surface area contributed by atoms with Gasteiger partial charge in [0.05, 0.1) is 0 Å². The third-order valence-corrected chi connectivity index (χ3v) is 7.22. The summed E-state index contributed by atoms with van der Waals surface area (Å²) in [5, 5.41) is 0. The van der Waals surface area contributed by atoms with Crippen molar-refractivity contribution < 1.29 is 4.79 Å². The van der Waals surface area contributed by atoms with Gasteiger partial charge in [-0.3, -0.25) is 4.79 Å². The van der Waals surface area contributed by atoms with Gasteiger partial charge in [0.1, 0.15) is 0 Å². The zero-order chi connectivity index (χ0) is 15.5. The summed E-state index contributed by atoms with van der Waals surface area (Å²) < 4.78 is 0. The number of hydrogen-bond acceptors (Lipinski definition) is 1. The topological polar surface area (TPSA) is 17.1 Å². The highest BCUT2D eigenvalue weighted by molar-refractivity contribution is 5.92. The van der Waals surface area contributed by atoms with E-state index >= 15 is 0 Å². The van der Waals surface area contributed by atoms with Crippen molar-refractivity contribution in [3.63, 3.8) is 0 Å². The smallest absolute Gasteiger partial charge is 0.156 e. The van der Waals surface area contributed by atoms with Gasteiger partial charge < -0.3 is 0 Å². The lowest BCUT2D eigenvalue weighted by molar-refractivity contribution is -0.116. The number of carbonyl (C=O) groups is 1. The third kappa shape index (κ3) is 1.82. The minimum Gasteiger partial charge on any atom is -0.295 e. The summed E-state index contributed by atoms with van der Waals surface area (Å²) >= 11 is 0. The monoisotopic (exact) mass is 294 g/mol. The molecule has 6 atom stereocenters. The van der Waals surface area contributed by atoms with E-state index in [2.05, 4.69) is 38.3 Å². The fourth-order valence-corrected chi connectivity index (χ4v) is 6.09. The van der Waals surface area contributed by atoms with Crippen LogP contribution in [0.25, 0.3) is 0 Å². The summed E-state index contributed by atoms with van der Waals surface area (Å²) in [4.78, 5) is 11.8. The van der Waals surface area contributed by atoms with Crippen LogP contribution in [0.3, 0.4) is 0 Å². The molecule has 1 nitrogen and oxygen atoms in total. The largest absolute Gasteiger partial charge is 0.295 e. The van der Waals surface area contributed by atoms with Gasteiger partial charge >= 0.3 is 0 Å². The van der Waals surface area contributed by atoms with Crippen LogP contribution in [-0.4, -0.2) is 5.78 Å². The molecule has 2 fully saturated rings. The van der Waals surface area contributed by atoms with Crippen molar-refractivity contribution in [2.24, 2.45) is 35.0 Å². The van der Waals surface area contributed by atoms with Crippen LogP contribution in [0.15, 0.2) is 41.7 Å². The molecule has 1 heteroatoms. The Morgan fingerprint density at radius 3 is 2.95 bits per heavy atom. The molecule has 22 heavy (non-hydrogen) atoms. The van der Waals surface area contributed by atoms with Crippen LogP contribution < -0.4 is 0 Å². The normalized spacial score (nSPS) is 46.5. The van der Waals surface area contributed by atoms with Crippen LogP contribution in [0, 0.1) is 35.0 Å². The van der Waals surface area contributed by atoms with Crippen molar-refractivity contribution >= 4 is 5.78 Å². The molecule has 0 saturated heterocycles. The van der Waals surface area contributed by atoms with E-state index in [0.29, 0.717) is 23.5 Å². The summed E-state index contributed by atoms with van der Waals surface area (Å²) in [6, 6.07) is 0. The number of allylic oxidation sites excluding steroid dienone is 5. The first-order valence-electron chi connectivity index (χ1n) is 8.86. The van der Waals surface area contributed by atoms with Gasteiger partial charge in [-0.2, -0.15) is 0 Å². The van der Waals surface area contributed by atoms with Crippen LogP contribution in [0.5, 0.6) is 0 Å². The second kappa shape index (κ2) is 4.83. The van der Waals surface area contributed by atoms with E-state index in [1.807, 2.05) is 6.08 Å². The zero-order valence-electron chi connectivity index (χ0n) is 13.8. The Hall–Kier alpha value is -1.33. The summed E-state index contributed by atoms with van der Waals surface area (Å²) in [5.41, 5.74) is 6.24. The number of ketones is 1. The van der Waals surface area contributed by atoms with E-state index in [4.69, 9.17) is 0 Å². The molecule has 0 N–H and O–H groups in total. The van der Waals surface area contributed by atoms with Crippen LogP contribution in [0.4, 0.5) is 0 Å². The predicted molar refractivity (Wildman–Crippen MR) is 89.2 cm³/mol. The molecule has 2 saturated carbocycles. The number of fused-ring (bicyclic) bond motifs is 5. The molecule has 0 spiro atoms. The fraction of sp³-hybridized carbons (Fsp3) is 0.619. The van der Waals surface area contributed by atoms with Crippen molar-refractivity contribution in [2.75, 3.05) is 0 Å². The van der Waals surface area contributed by atoms with E-state index in [1.165, 1.54) is 30.4 Å². The van der Waals surface area contributed by atoms with Gasteiger partial charge in [-0.25, -0.2) is 0 Å². The second-order valence-corrected chi connectivity index (χ2v) is 8.17. The van der Waals surface area contributed by atoms with E-state index in [0.717, 1.165) is 24.7 Å². The lowest BCUT2D eigenvalue weighted by Crippen LogP contribution is -2.47. The Kier molecular flexibility index (Phi) is 3.13. The molecule has 0 aromatic heterocycles. The fourth-order valence-electron chi connectivity index (χ4n) is 6.09. The number of carbonyl (C=O) groups excluding carboxylic acids is 1. The summed E-state index contributed by atoms with van der Waals surface area (Å²) in [7, 11) is 0. The predicted octanol–water partition coefficient (Wildman–Crippen LogP) is 4.86. The van der Waals surface area contributed by atoms with Gasteiger partial charge in [0, 0.05) is 6.42 Å². The molecule has 4 aliphatic rings. The first kappa shape index (κ1) is 14.3. The van der Waals surface area contributed by atoms with E-state index < -0.39 is 0 Å². The Bertz CT molecular complexity index is 630. The quantitative estimate of drug-likeness (QED) is 0.583. The van der Waals surface area contributed by atoms with Gasteiger partial charge in [-0.15, -0.1) is 5.73 Å². The summed E-state index contributed by atoms with van der Waals surface area (Å²) in [5.74, 6) is 3.89. The molecule has 0 amide bonds. The SMILES string of the molecule is C=C=C1CCC2C3C=CC4=CC(=O)CC[C@]4(C)C3C[C@@H](C)C12. The highest BCUT2D eigenvalue weighted by Crippen LogP contribution is 2.61. The zero-order valence-corrected chi connectivity index (χ0v) is 13.8. The van der Waals surface area contributed by atoms with Crippen LogP contribution >= 0.6 is 0 Å². The molecule has 0 bridgehead atoms. The molecule has 0 radical (unpaired) electrons. The van der Waals surface area contributed by atoms with Gasteiger partial charge in [0.25, 0.3) is 0 Å². The molecular formula is C21H26O. The molecule has 0 heterocycles. The average molecular weight is 294 g/mol. The maximum Gasteiger partial charge on any atom is 0.156 e. The second-order valence-electron chi connectivity index (χ2n) is 8.17. The van der Waals surface area contributed by atoms with Gasteiger partial charge in [0.2, 0.25) is 0 Å². The van der Waals surface area contributed by atoms with E-state index in [9.17, 15) is 4.79 Å². The molecule has 4 unspecified atom stereocenters. The first-order valence-corrected chi connectivity index (χ1v) is 8.86. The van der Waals surface area contributed by atoms with Gasteiger partial charge in [-0.1, -0.05) is 32.6 Å². The molecular weight excluding hydrogens is 268 g/mol. The molecule has 4 rings (SSSR count). The summed E-state index contributed by atoms with van der Waals surface area (Å²) in [6.07, 6.45) is 12.2. The molecule has 0 aliphatic heterocycles. The van der Waals surface area contributed by atoms with Crippen molar-refractivity contribution in [3.05, 3.63) is 41.7 Å². The Balaban J connectivity index is 1.77. The average Bonchev–Trinajstić information content (AvgIpc) is 2.94. The van der Waals surface area contributed by atoms with Crippen LogP contribution in [0.2, 0.25) is 0 Å². The van der Waals surface area contributed by atoms with Crippen molar-refractivity contribution in [2.45, 2.75) is 46.0 Å². The lowest BCUT2D eigenvalue weighted by atomic mass is 9.50. The molecule has 116 valence electrons.